The molecule has 6 aromatic rings. The molecule has 9 heteroatoms. The molecule has 0 bridgehead atoms. The van der Waals surface area contributed by atoms with E-state index in [1.54, 1.807) is 0 Å². The molecule has 6 aromatic carbocycles. The van der Waals surface area contributed by atoms with E-state index in [2.05, 4.69) is 143 Å². The summed E-state index contributed by atoms with van der Waals surface area (Å²) >= 11 is 0. The molecule has 3 radical (unpaired) electrons. The van der Waals surface area contributed by atoms with E-state index in [1.165, 1.54) is 22.7 Å². The van der Waals surface area contributed by atoms with Gasteiger partial charge < -0.3 is 29.4 Å². The molecule has 0 saturated carbocycles. The third kappa shape index (κ3) is 9.42. The third-order valence-electron chi connectivity index (χ3n) is 8.12. The van der Waals surface area contributed by atoms with Crippen molar-refractivity contribution >= 4 is 45.5 Å². The second kappa shape index (κ2) is 19.6. The second-order valence-electron chi connectivity index (χ2n) is 11.5. The van der Waals surface area contributed by atoms with Crippen molar-refractivity contribution in [2.24, 2.45) is 0 Å². The van der Waals surface area contributed by atoms with Gasteiger partial charge in [-0.2, -0.15) is 104 Å². The zero-order valence-electron chi connectivity index (χ0n) is 28.5. The van der Waals surface area contributed by atoms with Crippen LogP contribution in [0.3, 0.4) is 0 Å². The SMILES string of the molecule is CN1C=CN(c2[c-]cccc2)[CH-]1.CN1[CH-]N(c2[c-]cccc2)c2ccccc21.[Ir].[Ir].[Ir].[c-]1ccccc1N1[CH-]N(c2ccccc2)c2ccccc21. The maximum Gasteiger partial charge on any atom is 0.0344 e. The average molecular weight is 1210 g/mol. The van der Waals surface area contributed by atoms with E-state index < -0.39 is 0 Å². The summed E-state index contributed by atoms with van der Waals surface area (Å²) in [6.07, 6.45) is 4.01. The van der Waals surface area contributed by atoms with Gasteiger partial charge in [0.05, 0.1) is 0 Å². The van der Waals surface area contributed by atoms with E-state index in [0.717, 1.165) is 22.7 Å². The summed E-state index contributed by atoms with van der Waals surface area (Å²) in [4.78, 5) is 12.7. The summed E-state index contributed by atoms with van der Waals surface area (Å²) in [5.41, 5.74) is 9.11. The van der Waals surface area contributed by atoms with Gasteiger partial charge in [-0.3, -0.25) is 0 Å². The van der Waals surface area contributed by atoms with Gasteiger partial charge in [-0.15, -0.1) is 23.7 Å². The first-order valence-corrected chi connectivity index (χ1v) is 16.1. The Morgan fingerprint density at radius 3 is 1.35 bits per heavy atom. The number of hydrogen-bond donors (Lipinski definition) is 0. The normalized spacial score (nSPS) is 13.3. The van der Waals surface area contributed by atoms with Gasteiger partial charge in [0, 0.05) is 88.8 Å². The first kappa shape index (κ1) is 40.6. The molecule has 0 aliphatic carbocycles. The first-order valence-electron chi connectivity index (χ1n) is 16.1. The Kier molecular flexibility index (Phi) is 15.3. The molecule has 0 N–H and O–H groups in total. The number of rotatable bonds is 4. The molecule has 6 nitrogen and oxygen atoms in total. The van der Waals surface area contributed by atoms with Crippen LogP contribution in [0.15, 0.2) is 164 Å². The minimum atomic E-state index is 0. The minimum absolute atomic E-state index is 0. The monoisotopic (exact) mass is 1220 g/mol. The quantitative estimate of drug-likeness (QED) is 0.163. The summed E-state index contributed by atoms with van der Waals surface area (Å²) in [5.74, 6) is 0. The fourth-order valence-electron chi connectivity index (χ4n) is 5.76. The van der Waals surface area contributed by atoms with E-state index >= 15 is 0 Å². The Morgan fingerprint density at radius 1 is 0.404 bits per heavy atom. The molecule has 0 atom stereocenters. The molecule has 0 aromatic heterocycles. The van der Waals surface area contributed by atoms with Gasteiger partial charge in [-0.05, 0) is 62.9 Å². The first-order chi connectivity index (χ1) is 24.2. The van der Waals surface area contributed by atoms with Crippen molar-refractivity contribution in [3.63, 3.8) is 0 Å². The number of benzene rings is 6. The summed E-state index contributed by atoms with van der Waals surface area (Å²) < 4.78 is 0. The summed E-state index contributed by atoms with van der Waals surface area (Å²) in [7, 11) is 4.06. The van der Waals surface area contributed by atoms with Crippen molar-refractivity contribution in [1.29, 1.82) is 0 Å². The fourth-order valence-corrected chi connectivity index (χ4v) is 5.76. The Hall–Kier alpha value is -4.19. The van der Waals surface area contributed by atoms with Crippen LogP contribution in [0.25, 0.3) is 0 Å². The van der Waals surface area contributed by atoms with Crippen molar-refractivity contribution in [2.75, 3.05) is 38.6 Å². The standard InChI is InChI=1S/C19H14N2.C14H12N2.C10H10N2.3Ir/c1-3-9-16(10-4-1)20-15-21(17-11-5-2-6-12-17)19-14-8-7-13-18(19)20;1-15-11-16(12-7-3-2-4-8-12)14-10-6-5-9-13(14)15;1-11-7-8-12(9-11)10-5-3-2-4-6-10;;;/h1-11,13-15H;2-7,9-11H,1H3;2-5,7-9H,1H3;;;/q3*-2;;;. The van der Waals surface area contributed by atoms with Crippen molar-refractivity contribution < 1.29 is 60.3 Å². The molecule has 0 saturated heterocycles. The molecule has 271 valence electrons. The van der Waals surface area contributed by atoms with Gasteiger partial charge in [0.2, 0.25) is 0 Å². The number of para-hydroxylation sites is 8. The predicted octanol–water partition coefficient (Wildman–Crippen LogP) is 9.91. The predicted molar refractivity (Wildman–Crippen MR) is 202 cm³/mol. The van der Waals surface area contributed by atoms with Crippen LogP contribution in [0.4, 0.5) is 45.5 Å². The van der Waals surface area contributed by atoms with Crippen molar-refractivity contribution in [2.45, 2.75) is 0 Å². The topological polar surface area (TPSA) is 19.4 Å². The molecule has 0 unspecified atom stereocenters. The van der Waals surface area contributed by atoms with Crippen LogP contribution in [0, 0.1) is 38.2 Å². The number of nitrogens with zero attached hydrogens (tertiary/aromatic N) is 6. The minimum Gasteiger partial charge on any atom is -0.510 e. The summed E-state index contributed by atoms with van der Waals surface area (Å²) in [5, 5.41) is 0. The number of hydrogen-bond acceptors (Lipinski definition) is 6. The Labute approximate surface area is 349 Å². The van der Waals surface area contributed by atoms with E-state index in [9.17, 15) is 0 Å². The van der Waals surface area contributed by atoms with Gasteiger partial charge in [-0.1, -0.05) is 42.5 Å². The van der Waals surface area contributed by atoms with Gasteiger partial charge >= 0.3 is 0 Å². The summed E-state index contributed by atoms with van der Waals surface area (Å²) in [6, 6.07) is 60.8. The molecule has 0 amide bonds. The van der Waals surface area contributed by atoms with Gasteiger partial charge in [-0.25, -0.2) is 0 Å². The number of anilines is 8. The number of fused-ring (bicyclic) bond motifs is 2. The molecule has 0 fully saturated rings. The van der Waals surface area contributed by atoms with E-state index in [0.29, 0.717) is 0 Å². The van der Waals surface area contributed by atoms with Crippen LogP contribution in [-0.4, -0.2) is 19.0 Å². The van der Waals surface area contributed by atoms with Crippen LogP contribution in [-0.2, 0) is 60.3 Å². The maximum absolute atomic E-state index is 3.29. The summed E-state index contributed by atoms with van der Waals surface area (Å²) in [6.45, 7) is 6.20. The smallest absolute Gasteiger partial charge is 0.0344 e. The molecule has 52 heavy (non-hydrogen) atoms. The van der Waals surface area contributed by atoms with Crippen LogP contribution in [0.2, 0.25) is 0 Å². The Bertz CT molecular complexity index is 1900. The average Bonchev–Trinajstić information content (AvgIpc) is 3.89. The molecular formula is C43H36Ir3N6-6. The van der Waals surface area contributed by atoms with Crippen LogP contribution >= 0.6 is 0 Å². The molecular weight excluding hydrogens is 1180 g/mol. The largest absolute Gasteiger partial charge is 0.510 e. The van der Waals surface area contributed by atoms with Crippen LogP contribution in [0.5, 0.6) is 0 Å². The van der Waals surface area contributed by atoms with E-state index in [4.69, 9.17) is 0 Å². The Morgan fingerprint density at radius 2 is 0.846 bits per heavy atom. The Balaban J connectivity index is 0.000000176. The zero-order valence-corrected chi connectivity index (χ0v) is 35.7. The molecule has 9 rings (SSSR count). The second-order valence-corrected chi connectivity index (χ2v) is 11.5. The van der Waals surface area contributed by atoms with E-state index in [1.807, 2.05) is 103 Å². The zero-order chi connectivity index (χ0) is 33.4. The van der Waals surface area contributed by atoms with Crippen molar-refractivity contribution in [3.8, 4) is 0 Å². The van der Waals surface area contributed by atoms with Crippen molar-refractivity contribution in [1.82, 2.24) is 4.90 Å². The molecule has 3 aliphatic heterocycles. The van der Waals surface area contributed by atoms with E-state index in [-0.39, 0.29) is 60.3 Å². The van der Waals surface area contributed by atoms with Crippen molar-refractivity contribution in [3.05, 3.63) is 202 Å². The van der Waals surface area contributed by atoms with Gasteiger partial charge in [0.1, 0.15) is 0 Å². The molecule has 3 heterocycles. The fraction of sp³-hybridized carbons (Fsp3) is 0.0465. The van der Waals surface area contributed by atoms with Gasteiger partial charge in [0.25, 0.3) is 0 Å². The van der Waals surface area contributed by atoms with Crippen LogP contribution in [0.1, 0.15) is 0 Å². The molecule has 3 aliphatic rings. The van der Waals surface area contributed by atoms with Gasteiger partial charge in [0.15, 0.2) is 0 Å². The maximum atomic E-state index is 3.29. The molecule has 0 spiro atoms. The van der Waals surface area contributed by atoms with Crippen LogP contribution < -0.4 is 24.5 Å². The third-order valence-corrected chi connectivity index (χ3v) is 8.12.